The van der Waals surface area contributed by atoms with Gasteiger partial charge >= 0.3 is 0 Å². The summed E-state index contributed by atoms with van der Waals surface area (Å²) in [6.45, 7) is 5.80. The summed E-state index contributed by atoms with van der Waals surface area (Å²) in [5.74, 6) is 0.149. The highest BCUT2D eigenvalue weighted by Crippen LogP contribution is 2.19. The van der Waals surface area contributed by atoms with E-state index in [0.717, 1.165) is 19.3 Å². The van der Waals surface area contributed by atoms with Crippen molar-refractivity contribution in [2.75, 3.05) is 0 Å². The number of hydrogen-bond donors (Lipinski definition) is 1. The first kappa shape index (κ1) is 9.23. The Kier molecular flexibility index (Phi) is 2.50. The summed E-state index contributed by atoms with van der Waals surface area (Å²) >= 11 is 0. The molecule has 0 aromatic carbocycles. The molecular formula is C9H16N2O. The van der Waals surface area contributed by atoms with Gasteiger partial charge in [-0.3, -0.25) is 10.2 Å². The molecule has 0 radical (unpaired) electrons. The van der Waals surface area contributed by atoms with E-state index in [-0.39, 0.29) is 5.78 Å². The zero-order valence-corrected chi connectivity index (χ0v) is 7.98. The van der Waals surface area contributed by atoms with Gasteiger partial charge in [-0.1, -0.05) is 19.8 Å². The van der Waals surface area contributed by atoms with Crippen molar-refractivity contribution in [1.82, 2.24) is 5.43 Å². The molecule has 3 heteroatoms. The van der Waals surface area contributed by atoms with Crippen LogP contribution < -0.4 is 5.43 Å². The van der Waals surface area contributed by atoms with Crippen molar-refractivity contribution in [3.63, 3.8) is 0 Å². The van der Waals surface area contributed by atoms with Crippen molar-refractivity contribution in [2.24, 2.45) is 5.10 Å². The number of carbonyl (C=O) groups excluding carboxylic acids is 1. The molecule has 1 aliphatic heterocycles. The molecule has 0 amide bonds. The van der Waals surface area contributed by atoms with E-state index in [1.54, 1.807) is 6.92 Å². The minimum atomic E-state index is -0.417. The second-order valence-corrected chi connectivity index (χ2v) is 3.57. The molecule has 1 aliphatic rings. The van der Waals surface area contributed by atoms with Crippen LogP contribution in [0, 0.1) is 0 Å². The summed E-state index contributed by atoms with van der Waals surface area (Å²) < 4.78 is 0. The minimum absolute atomic E-state index is 0.149. The maximum atomic E-state index is 11.5. The lowest BCUT2D eigenvalue weighted by atomic mass is 9.90. The predicted molar refractivity (Wildman–Crippen MR) is 49.2 cm³/mol. The van der Waals surface area contributed by atoms with Gasteiger partial charge < -0.3 is 0 Å². The smallest absolute Gasteiger partial charge is 0.205 e. The molecule has 0 spiro atoms. The fourth-order valence-electron chi connectivity index (χ4n) is 1.41. The van der Waals surface area contributed by atoms with E-state index in [1.165, 1.54) is 0 Å². The van der Waals surface area contributed by atoms with Gasteiger partial charge in [0.05, 0.1) is 0 Å². The second-order valence-electron chi connectivity index (χ2n) is 3.57. The molecule has 3 nitrogen and oxygen atoms in total. The number of carbonyl (C=O) groups is 1. The number of nitrogens with one attached hydrogen (secondary N) is 1. The molecular weight excluding hydrogens is 152 g/mol. The van der Waals surface area contributed by atoms with Gasteiger partial charge in [0.15, 0.2) is 0 Å². The lowest BCUT2D eigenvalue weighted by Gasteiger charge is -2.21. The summed E-state index contributed by atoms with van der Waals surface area (Å²) in [5, 5.41) is 3.94. The first-order chi connectivity index (χ1) is 5.60. The van der Waals surface area contributed by atoms with Crippen LogP contribution in [-0.2, 0) is 4.79 Å². The van der Waals surface area contributed by atoms with E-state index in [1.807, 2.05) is 6.92 Å². The Labute approximate surface area is 73.2 Å². The van der Waals surface area contributed by atoms with Gasteiger partial charge in [-0.2, -0.15) is 5.10 Å². The van der Waals surface area contributed by atoms with Crippen molar-refractivity contribution < 1.29 is 4.79 Å². The normalized spacial score (nSPS) is 28.6. The molecule has 68 valence electrons. The SMILES string of the molecule is CCCCC1(C)NN=C(C)C1=O. The van der Waals surface area contributed by atoms with Crippen LogP contribution in [0.15, 0.2) is 5.10 Å². The Morgan fingerprint density at radius 1 is 1.58 bits per heavy atom. The number of hydrogen-bond acceptors (Lipinski definition) is 3. The molecule has 0 aliphatic carbocycles. The number of nitrogens with zero attached hydrogens (tertiary/aromatic N) is 1. The second kappa shape index (κ2) is 3.25. The number of unbranched alkanes of at least 4 members (excludes halogenated alkanes) is 1. The van der Waals surface area contributed by atoms with Crippen molar-refractivity contribution in [2.45, 2.75) is 45.6 Å². The van der Waals surface area contributed by atoms with Crippen LogP contribution in [0.4, 0.5) is 0 Å². The van der Waals surface area contributed by atoms with E-state index >= 15 is 0 Å². The summed E-state index contributed by atoms with van der Waals surface area (Å²) in [4.78, 5) is 11.5. The first-order valence-corrected chi connectivity index (χ1v) is 4.46. The molecule has 1 N–H and O–H groups in total. The Morgan fingerprint density at radius 2 is 2.25 bits per heavy atom. The number of rotatable bonds is 3. The highest BCUT2D eigenvalue weighted by atomic mass is 16.1. The quantitative estimate of drug-likeness (QED) is 0.693. The summed E-state index contributed by atoms with van der Waals surface area (Å²) in [6, 6.07) is 0. The third kappa shape index (κ3) is 1.49. The van der Waals surface area contributed by atoms with Gasteiger partial charge in [-0.15, -0.1) is 0 Å². The highest BCUT2D eigenvalue weighted by molar-refractivity contribution is 6.43. The van der Waals surface area contributed by atoms with Crippen LogP contribution >= 0.6 is 0 Å². The topological polar surface area (TPSA) is 41.5 Å². The van der Waals surface area contributed by atoms with Gasteiger partial charge in [-0.25, -0.2) is 0 Å². The van der Waals surface area contributed by atoms with Gasteiger partial charge in [0.1, 0.15) is 11.3 Å². The third-order valence-electron chi connectivity index (χ3n) is 2.33. The summed E-state index contributed by atoms with van der Waals surface area (Å²) in [7, 11) is 0. The third-order valence-corrected chi connectivity index (χ3v) is 2.33. The molecule has 0 aromatic heterocycles. The van der Waals surface area contributed by atoms with Crippen molar-refractivity contribution in [3.8, 4) is 0 Å². The minimum Gasteiger partial charge on any atom is -0.296 e. The van der Waals surface area contributed by atoms with E-state index < -0.39 is 5.54 Å². The molecule has 1 heterocycles. The van der Waals surface area contributed by atoms with E-state index in [2.05, 4.69) is 17.5 Å². The van der Waals surface area contributed by atoms with Crippen molar-refractivity contribution >= 4 is 11.5 Å². The number of Topliss-reactive ketones (excluding diaryl/α,β-unsaturated/α-hetero) is 1. The van der Waals surface area contributed by atoms with E-state index in [4.69, 9.17) is 0 Å². The van der Waals surface area contributed by atoms with Crippen molar-refractivity contribution in [1.29, 1.82) is 0 Å². The van der Waals surface area contributed by atoms with Crippen LogP contribution in [0.2, 0.25) is 0 Å². The molecule has 0 saturated heterocycles. The van der Waals surface area contributed by atoms with Gasteiger partial charge in [0.2, 0.25) is 5.78 Å². The average Bonchev–Trinajstić information content (AvgIpc) is 2.31. The molecule has 0 fully saturated rings. The number of ketones is 1. The Morgan fingerprint density at radius 3 is 2.67 bits per heavy atom. The van der Waals surface area contributed by atoms with Crippen LogP contribution in [0.25, 0.3) is 0 Å². The molecule has 0 saturated carbocycles. The van der Waals surface area contributed by atoms with E-state index in [9.17, 15) is 4.79 Å². The molecule has 0 bridgehead atoms. The fraction of sp³-hybridized carbons (Fsp3) is 0.778. The Hall–Kier alpha value is -0.860. The predicted octanol–water partition coefficient (Wildman–Crippen LogP) is 1.48. The van der Waals surface area contributed by atoms with Crippen LogP contribution in [0.1, 0.15) is 40.0 Å². The van der Waals surface area contributed by atoms with Gasteiger partial charge in [-0.05, 0) is 20.3 Å². The van der Waals surface area contributed by atoms with Crippen LogP contribution in [-0.4, -0.2) is 17.0 Å². The molecule has 1 atom stereocenters. The number of hydrazone groups is 1. The molecule has 12 heavy (non-hydrogen) atoms. The highest BCUT2D eigenvalue weighted by Gasteiger charge is 2.37. The van der Waals surface area contributed by atoms with Crippen molar-refractivity contribution in [3.05, 3.63) is 0 Å². The average molecular weight is 168 g/mol. The Bertz CT molecular complexity index is 223. The lowest BCUT2D eigenvalue weighted by molar-refractivity contribution is -0.117. The first-order valence-electron chi connectivity index (χ1n) is 4.46. The zero-order chi connectivity index (χ0) is 9.19. The molecule has 0 aromatic rings. The molecule has 1 rings (SSSR count). The monoisotopic (exact) mass is 168 g/mol. The zero-order valence-electron chi connectivity index (χ0n) is 7.98. The van der Waals surface area contributed by atoms with Crippen LogP contribution in [0.3, 0.4) is 0 Å². The standard InChI is InChI=1S/C9H16N2O/c1-4-5-6-9(3)8(12)7(2)10-11-9/h11H,4-6H2,1-3H3. The summed E-state index contributed by atoms with van der Waals surface area (Å²) in [5.41, 5.74) is 3.09. The van der Waals surface area contributed by atoms with Gasteiger partial charge in [0.25, 0.3) is 0 Å². The van der Waals surface area contributed by atoms with Gasteiger partial charge in [0, 0.05) is 0 Å². The Balaban J connectivity index is 2.58. The molecule has 1 unspecified atom stereocenters. The largest absolute Gasteiger partial charge is 0.296 e. The fourth-order valence-corrected chi connectivity index (χ4v) is 1.41. The maximum absolute atomic E-state index is 11.5. The summed E-state index contributed by atoms with van der Waals surface area (Å²) in [6.07, 6.45) is 3.06. The van der Waals surface area contributed by atoms with E-state index in [0.29, 0.717) is 5.71 Å². The van der Waals surface area contributed by atoms with Crippen LogP contribution in [0.5, 0.6) is 0 Å². The maximum Gasteiger partial charge on any atom is 0.205 e. The lowest BCUT2D eigenvalue weighted by Crippen LogP contribution is -2.43.